The second-order valence-corrected chi connectivity index (χ2v) is 4.69. The van der Waals surface area contributed by atoms with Gasteiger partial charge in [0.25, 0.3) is 0 Å². The van der Waals surface area contributed by atoms with Crippen molar-refractivity contribution in [3.63, 3.8) is 0 Å². The van der Waals surface area contributed by atoms with Crippen molar-refractivity contribution in [3.05, 3.63) is 29.3 Å². The maximum atomic E-state index is 8.69. The third-order valence-corrected chi connectivity index (χ3v) is 3.11. The smallest absolute Gasteiger partial charge is 0.122 e. The molecule has 0 radical (unpaired) electrons. The van der Waals surface area contributed by atoms with E-state index in [0.29, 0.717) is 6.42 Å². The van der Waals surface area contributed by atoms with Crippen LogP contribution in [-0.2, 0) is 4.74 Å². The number of hydrogen-bond acceptors (Lipinski definition) is 3. The highest BCUT2D eigenvalue weighted by molar-refractivity contribution is 5.43. The first-order valence-corrected chi connectivity index (χ1v) is 6.74. The van der Waals surface area contributed by atoms with E-state index in [9.17, 15) is 0 Å². The lowest BCUT2D eigenvalue weighted by atomic mass is 10.1. The van der Waals surface area contributed by atoms with E-state index >= 15 is 0 Å². The van der Waals surface area contributed by atoms with Crippen LogP contribution in [0.25, 0.3) is 0 Å². The molecule has 1 aliphatic heterocycles. The third-order valence-electron chi connectivity index (χ3n) is 3.11. The summed E-state index contributed by atoms with van der Waals surface area (Å²) in [6, 6.07) is 5.97. The standard InChI is InChI=1S/C16H20O3/c1-13-12-14(4-2-3-9-17)5-6-16(13)19-15-7-10-18-11-8-15/h5-6,12,15,17H,3,7-11H2,1H3. The summed E-state index contributed by atoms with van der Waals surface area (Å²) in [7, 11) is 0. The Morgan fingerprint density at radius 2 is 2.16 bits per heavy atom. The lowest BCUT2D eigenvalue weighted by Crippen LogP contribution is -2.26. The molecule has 1 N–H and O–H groups in total. The number of ether oxygens (including phenoxy) is 2. The summed E-state index contributed by atoms with van der Waals surface area (Å²) in [5.41, 5.74) is 2.06. The van der Waals surface area contributed by atoms with E-state index in [2.05, 4.69) is 11.8 Å². The van der Waals surface area contributed by atoms with Gasteiger partial charge in [0.1, 0.15) is 11.9 Å². The van der Waals surface area contributed by atoms with Crippen LogP contribution in [0.4, 0.5) is 0 Å². The molecule has 0 spiro atoms. The zero-order valence-electron chi connectivity index (χ0n) is 11.3. The summed E-state index contributed by atoms with van der Waals surface area (Å²) in [5.74, 6) is 6.88. The van der Waals surface area contributed by atoms with Crippen LogP contribution >= 0.6 is 0 Å². The number of benzene rings is 1. The van der Waals surface area contributed by atoms with E-state index in [4.69, 9.17) is 14.6 Å². The first-order chi connectivity index (χ1) is 9.29. The van der Waals surface area contributed by atoms with Crippen molar-refractivity contribution in [2.24, 2.45) is 0 Å². The van der Waals surface area contributed by atoms with Crippen LogP contribution in [0.5, 0.6) is 5.75 Å². The van der Waals surface area contributed by atoms with Crippen LogP contribution in [0, 0.1) is 18.8 Å². The molecule has 0 aliphatic carbocycles. The zero-order chi connectivity index (χ0) is 13.5. The lowest BCUT2D eigenvalue weighted by molar-refractivity contribution is 0.0253. The van der Waals surface area contributed by atoms with Gasteiger partial charge in [-0.3, -0.25) is 0 Å². The summed E-state index contributed by atoms with van der Waals surface area (Å²) in [6.45, 7) is 3.71. The molecule has 1 saturated heterocycles. The van der Waals surface area contributed by atoms with Gasteiger partial charge in [-0.25, -0.2) is 0 Å². The molecule has 19 heavy (non-hydrogen) atoms. The molecular formula is C16H20O3. The van der Waals surface area contributed by atoms with Crippen LogP contribution < -0.4 is 4.74 Å². The summed E-state index contributed by atoms with van der Waals surface area (Å²) in [4.78, 5) is 0. The lowest BCUT2D eigenvalue weighted by Gasteiger charge is -2.24. The fourth-order valence-corrected chi connectivity index (χ4v) is 2.05. The van der Waals surface area contributed by atoms with Crippen molar-refractivity contribution in [2.45, 2.75) is 32.3 Å². The Labute approximate surface area is 114 Å². The van der Waals surface area contributed by atoms with Gasteiger partial charge in [-0.15, -0.1) is 0 Å². The van der Waals surface area contributed by atoms with Gasteiger partial charge in [0.15, 0.2) is 0 Å². The van der Waals surface area contributed by atoms with E-state index in [1.54, 1.807) is 0 Å². The van der Waals surface area contributed by atoms with Crippen LogP contribution in [0.2, 0.25) is 0 Å². The average Bonchev–Trinajstić information content (AvgIpc) is 2.43. The highest BCUT2D eigenvalue weighted by atomic mass is 16.5. The van der Waals surface area contributed by atoms with Crippen LogP contribution in [-0.4, -0.2) is 31.0 Å². The summed E-state index contributed by atoms with van der Waals surface area (Å²) < 4.78 is 11.3. The second-order valence-electron chi connectivity index (χ2n) is 4.69. The highest BCUT2D eigenvalue weighted by Gasteiger charge is 2.15. The molecule has 0 bridgehead atoms. The molecule has 2 rings (SSSR count). The van der Waals surface area contributed by atoms with Gasteiger partial charge in [-0.1, -0.05) is 11.8 Å². The number of aliphatic hydroxyl groups excluding tert-OH is 1. The van der Waals surface area contributed by atoms with Gasteiger partial charge in [0.2, 0.25) is 0 Å². The Hall–Kier alpha value is -1.50. The molecule has 0 amide bonds. The number of hydrogen-bond donors (Lipinski definition) is 1. The topological polar surface area (TPSA) is 38.7 Å². The van der Waals surface area contributed by atoms with Gasteiger partial charge in [0, 0.05) is 24.8 Å². The fraction of sp³-hybridized carbons (Fsp3) is 0.500. The largest absolute Gasteiger partial charge is 0.490 e. The summed E-state index contributed by atoms with van der Waals surface area (Å²) in [5, 5.41) is 8.69. The number of aliphatic hydroxyl groups is 1. The molecular weight excluding hydrogens is 240 g/mol. The molecule has 1 heterocycles. The normalized spacial score (nSPS) is 15.7. The molecule has 0 saturated carbocycles. The third kappa shape index (κ3) is 4.27. The summed E-state index contributed by atoms with van der Waals surface area (Å²) in [6.07, 6.45) is 2.69. The Bertz CT molecular complexity index is 465. The van der Waals surface area contributed by atoms with Crippen molar-refractivity contribution in [2.75, 3.05) is 19.8 Å². The van der Waals surface area contributed by atoms with E-state index in [0.717, 1.165) is 42.9 Å². The molecule has 1 aliphatic rings. The number of aryl methyl sites for hydroxylation is 1. The van der Waals surface area contributed by atoms with Crippen molar-refractivity contribution in [1.29, 1.82) is 0 Å². The quantitative estimate of drug-likeness (QED) is 0.847. The van der Waals surface area contributed by atoms with Crippen LogP contribution in [0.1, 0.15) is 30.4 Å². The van der Waals surface area contributed by atoms with E-state index in [1.165, 1.54) is 0 Å². The molecule has 0 atom stereocenters. The summed E-state index contributed by atoms with van der Waals surface area (Å²) >= 11 is 0. The highest BCUT2D eigenvalue weighted by Crippen LogP contribution is 2.23. The molecule has 3 nitrogen and oxygen atoms in total. The van der Waals surface area contributed by atoms with Crippen molar-refractivity contribution in [1.82, 2.24) is 0 Å². The van der Waals surface area contributed by atoms with Gasteiger partial charge in [-0.05, 0) is 30.7 Å². The van der Waals surface area contributed by atoms with Crippen molar-refractivity contribution in [3.8, 4) is 17.6 Å². The maximum Gasteiger partial charge on any atom is 0.122 e. The van der Waals surface area contributed by atoms with Crippen molar-refractivity contribution < 1.29 is 14.6 Å². The van der Waals surface area contributed by atoms with E-state index in [1.807, 2.05) is 25.1 Å². The predicted octanol–water partition coefficient (Wildman–Crippen LogP) is 2.29. The molecule has 0 aromatic heterocycles. The van der Waals surface area contributed by atoms with Crippen LogP contribution in [0.3, 0.4) is 0 Å². The maximum absolute atomic E-state index is 8.69. The Morgan fingerprint density at radius 3 is 2.84 bits per heavy atom. The Morgan fingerprint density at radius 1 is 1.37 bits per heavy atom. The first kappa shape index (κ1) is 13.9. The van der Waals surface area contributed by atoms with Gasteiger partial charge in [0.05, 0.1) is 19.8 Å². The Balaban J connectivity index is 2.00. The van der Waals surface area contributed by atoms with Gasteiger partial charge < -0.3 is 14.6 Å². The van der Waals surface area contributed by atoms with Crippen molar-refractivity contribution >= 4 is 0 Å². The second kappa shape index (κ2) is 7.18. The fourth-order valence-electron chi connectivity index (χ4n) is 2.05. The number of rotatable bonds is 3. The molecule has 1 fully saturated rings. The minimum Gasteiger partial charge on any atom is -0.490 e. The van der Waals surface area contributed by atoms with Crippen LogP contribution in [0.15, 0.2) is 18.2 Å². The first-order valence-electron chi connectivity index (χ1n) is 6.74. The predicted molar refractivity (Wildman–Crippen MR) is 74.2 cm³/mol. The molecule has 3 heteroatoms. The SMILES string of the molecule is Cc1cc(C#CCCO)ccc1OC1CCOCC1. The molecule has 1 aromatic rings. The van der Waals surface area contributed by atoms with E-state index < -0.39 is 0 Å². The molecule has 1 aromatic carbocycles. The van der Waals surface area contributed by atoms with Gasteiger partial charge in [-0.2, -0.15) is 0 Å². The zero-order valence-corrected chi connectivity index (χ0v) is 11.3. The molecule has 0 unspecified atom stereocenters. The minimum absolute atomic E-state index is 0.108. The Kier molecular flexibility index (Phi) is 5.26. The van der Waals surface area contributed by atoms with E-state index in [-0.39, 0.29) is 12.7 Å². The van der Waals surface area contributed by atoms with Gasteiger partial charge >= 0.3 is 0 Å². The average molecular weight is 260 g/mol. The monoisotopic (exact) mass is 260 g/mol. The minimum atomic E-state index is 0.108. The molecule has 102 valence electrons.